The van der Waals surface area contributed by atoms with Crippen LogP contribution in [0, 0.1) is 12.8 Å². The predicted octanol–water partition coefficient (Wildman–Crippen LogP) is 3.07. The maximum Gasteiger partial charge on any atom is 0.251 e. The van der Waals surface area contributed by atoms with E-state index < -0.39 is 5.91 Å². The van der Waals surface area contributed by atoms with Crippen molar-refractivity contribution in [1.82, 2.24) is 0 Å². The molecule has 0 spiro atoms. The van der Waals surface area contributed by atoms with Gasteiger partial charge in [-0.1, -0.05) is 19.9 Å². The van der Waals surface area contributed by atoms with E-state index in [9.17, 15) is 9.59 Å². The summed E-state index contributed by atoms with van der Waals surface area (Å²) in [5, 5.41) is 3.33. The summed E-state index contributed by atoms with van der Waals surface area (Å²) in [6, 6.07) is 5.76. The standard InChI is InChI=1S/C18H20N2O4S/c1-9(2)17(22)20-18-15(16(19)21)10(3)14(25-18)7-11-4-5-12-13(6-11)24-8-23-12/h4-6,9H,7-8H2,1-3H3,(H2,19,21)(H,20,22). The normalized spacial score (nSPS) is 12.5. The molecule has 0 fully saturated rings. The average Bonchev–Trinajstić information content (AvgIpc) is 3.12. The minimum Gasteiger partial charge on any atom is -0.454 e. The van der Waals surface area contributed by atoms with Crippen molar-refractivity contribution in [1.29, 1.82) is 0 Å². The minimum absolute atomic E-state index is 0.140. The zero-order valence-corrected chi connectivity index (χ0v) is 15.2. The molecule has 0 unspecified atom stereocenters. The molecule has 7 heteroatoms. The van der Waals surface area contributed by atoms with E-state index in [1.54, 1.807) is 13.8 Å². The molecule has 0 bridgehead atoms. The molecule has 6 nitrogen and oxygen atoms in total. The van der Waals surface area contributed by atoms with Crippen LogP contribution in [0.15, 0.2) is 18.2 Å². The van der Waals surface area contributed by atoms with Gasteiger partial charge in [0.05, 0.1) is 5.56 Å². The van der Waals surface area contributed by atoms with Crippen LogP contribution in [-0.2, 0) is 11.2 Å². The number of hydrogen-bond donors (Lipinski definition) is 2. The molecular formula is C18H20N2O4S. The Morgan fingerprint density at radius 3 is 2.68 bits per heavy atom. The summed E-state index contributed by atoms with van der Waals surface area (Å²) in [6.07, 6.45) is 0.616. The highest BCUT2D eigenvalue weighted by molar-refractivity contribution is 7.17. The first-order valence-electron chi connectivity index (χ1n) is 7.98. The van der Waals surface area contributed by atoms with E-state index in [2.05, 4.69) is 5.32 Å². The lowest BCUT2D eigenvalue weighted by Gasteiger charge is -2.06. The summed E-state index contributed by atoms with van der Waals surface area (Å²) < 4.78 is 10.7. The van der Waals surface area contributed by atoms with Crippen LogP contribution >= 0.6 is 11.3 Å². The molecule has 0 saturated carbocycles. The molecule has 2 heterocycles. The van der Waals surface area contributed by atoms with Crippen LogP contribution in [0.4, 0.5) is 5.00 Å². The van der Waals surface area contributed by atoms with Crippen LogP contribution in [0.5, 0.6) is 11.5 Å². The number of nitrogens with one attached hydrogen (secondary N) is 1. The SMILES string of the molecule is Cc1c(Cc2ccc3c(c2)OCO3)sc(NC(=O)C(C)C)c1C(N)=O. The predicted molar refractivity (Wildman–Crippen MR) is 96.4 cm³/mol. The number of rotatable bonds is 5. The maximum absolute atomic E-state index is 12.0. The van der Waals surface area contributed by atoms with E-state index in [0.717, 1.165) is 27.5 Å². The second-order valence-electron chi connectivity index (χ2n) is 6.23. The van der Waals surface area contributed by atoms with Crippen molar-refractivity contribution in [3.63, 3.8) is 0 Å². The molecule has 1 aliphatic heterocycles. The van der Waals surface area contributed by atoms with Gasteiger partial charge < -0.3 is 20.5 Å². The third-order valence-electron chi connectivity index (χ3n) is 4.05. The number of carbonyl (C=O) groups is 2. The molecule has 0 atom stereocenters. The number of nitrogens with two attached hydrogens (primary N) is 1. The zero-order chi connectivity index (χ0) is 18.1. The molecule has 0 saturated heterocycles. The lowest BCUT2D eigenvalue weighted by atomic mass is 10.0. The zero-order valence-electron chi connectivity index (χ0n) is 14.3. The van der Waals surface area contributed by atoms with Gasteiger partial charge >= 0.3 is 0 Å². The second kappa shape index (κ2) is 6.76. The summed E-state index contributed by atoms with van der Waals surface area (Å²) in [5.74, 6) is 0.591. The van der Waals surface area contributed by atoms with E-state index >= 15 is 0 Å². The molecule has 25 heavy (non-hydrogen) atoms. The van der Waals surface area contributed by atoms with Gasteiger partial charge in [0.15, 0.2) is 11.5 Å². The Kier molecular flexibility index (Phi) is 4.67. The Labute approximate surface area is 149 Å². The Morgan fingerprint density at radius 1 is 1.28 bits per heavy atom. The maximum atomic E-state index is 12.0. The summed E-state index contributed by atoms with van der Waals surface area (Å²) in [5.41, 5.74) is 7.75. The summed E-state index contributed by atoms with van der Waals surface area (Å²) in [7, 11) is 0. The molecular weight excluding hydrogens is 340 g/mol. The number of hydrogen-bond acceptors (Lipinski definition) is 5. The van der Waals surface area contributed by atoms with Gasteiger partial charge in [0.1, 0.15) is 5.00 Å². The molecule has 1 aromatic carbocycles. The monoisotopic (exact) mass is 360 g/mol. The fraction of sp³-hybridized carbons (Fsp3) is 0.333. The van der Waals surface area contributed by atoms with Gasteiger partial charge in [-0.15, -0.1) is 11.3 Å². The van der Waals surface area contributed by atoms with Crippen molar-refractivity contribution in [3.05, 3.63) is 39.8 Å². The summed E-state index contributed by atoms with van der Waals surface area (Å²) >= 11 is 1.38. The van der Waals surface area contributed by atoms with Gasteiger partial charge in [-0.05, 0) is 30.2 Å². The van der Waals surface area contributed by atoms with Crippen molar-refractivity contribution in [2.75, 3.05) is 12.1 Å². The van der Waals surface area contributed by atoms with Crippen LogP contribution in [0.2, 0.25) is 0 Å². The summed E-state index contributed by atoms with van der Waals surface area (Å²) in [6.45, 7) is 5.68. The molecule has 0 aliphatic carbocycles. The van der Waals surface area contributed by atoms with E-state index in [4.69, 9.17) is 15.2 Å². The van der Waals surface area contributed by atoms with Gasteiger partial charge in [0, 0.05) is 17.2 Å². The quantitative estimate of drug-likeness (QED) is 0.857. The Hall–Kier alpha value is -2.54. The summed E-state index contributed by atoms with van der Waals surface area (Å²) in [4.78, 5) is 24.8. The largest absolute Gasteiger partial charge is 0.454 e. The van der Waals surface area contributed by atoms with Crippen molar-refractivity contribution in [2.24, 2.45) is 11.7 Å². The number of carbonyl (C=O) groups excluding carboxylic acids is 2. The Bertz CT molecular complexity index is 842. The minimum atomic E-state index is -0.537. The van der Waals surface area contributed by atoms with Crippen LogP contribution < -0.4 is 20.5 Å². The highest BCUT2D eigenvalue weighted by Gasteiger charge is 2.22. The number of amides is 2. The molecule has 3 rings (SSSR count). The number of ether oxygens (including phenoxy) is 2. The number of benzene rings is 1. The Morgan fingerprint density at radius 2 is 2.00 bits per heavy atom. The van der Waals surface area contributed by atoms with E-state index in [1.165, 1.54) is 11.3 Å². The molecule has 132 valence electrons. The van der Waals surface area contributed by atoms with Crippen molar-refractivity contribution in [3.8, 4) is 11.5 Å². The first-order chi connectivity index (χ1) is 11.9. The number of anilines is 1. The van der Waals surface area contributed by atoms with Gasteiger partial charge in [-0.2, -0.15) is 0 Å². The van der Waals surface area contributed by atoms with E-state index in [0.29, 0.717) is 17.0 Å². The highest BCUT2D eigenvalue weighted by atomic mass is 32.1. The van der Waals surface area contributed by atoms with Crippen LogP contribution in [0.3, 0.4) is 0 Å². The van der Waals surface area contributed by atoms with Crippen LogP contribution in [-0.4, -0.2) is 18.6 Å². The lowest BCUT2D eigenvalue weighted by molar-refractivity contribution is -0.118. The second-order valence-corrected chi connectivity index (χ2v) is 7.33. The third-order valence-corrected chi connectivity index (χ3v) is 5.26. The number of fused-ring (bicyclic) bond motifs is 1. The molecule has 3 N–H and O–H groups in total. The fourth-order valence-corrected chi connectivity index (χ4v) is 3.85. The Balaban J connectivity index is 1.91. The van der Waals surface area contributed by atoms with Crippen molar-refractivity contribution in [2.45, 2.75) is 27.2 Å². The van der Waals surface area contributed by atoms with Gasteiger partial charge in [-0.3, -0.25) is 9.59 Å². The van der Waals surface area contributed by atoms with Gasteiger partial charge in [-0.25, -0.2) is 0 Å². The van der Waals surface area contributed by atoms with Crippen LogP contribution in [0.1, 0.15) is 40.2 Å². The van der Waals surface area contributed by atoms with Gasteiger partial charge in [0.2, 0.25) is 12.7 Å². The third kappa shape index (κ3) is 3.46. The van der Waals surface area contributed by atoms with Crippen molar-refractivity contribution >= 4 is 28.2 Å². The van der Waals surface area contributed by atoms with E-state index in [1.807, 2.05) is 25.1 Å². The average molecular weight is 360 g/mol. The topological polar surface area (TPSA) is 90.7 Å². The molecule has 1 aliphatic rings. The highest BCUT2D eigenvalue weighted by Crippen LogP contribution is 2.37. The van der Waals surface area contributed by atoms with E-state index in [-0.39, 0.29) is 18.6 Å². The smallest absolute Gasteiger partial charge is 0.251 e. The molecule has 2 amide bonds. The van der Waals surface area contributed by atoms with Crippen LogP contribution in [0.25, 0.3) is 0 Å². The first kappa shape index (κ1) is 17.3. The van der Waals surface area contributed by atoms with Crippen molar-refractivity contribution < 1.29 is 19.1 Å². The van der Waals surface area contributed by atoms with Gasteiger partial charge in [0.25, 0.3) is 5.91 Å². The number of primary amides is 1. The first-order valence-corrected chi connectivity index (χ1v) is 8.80. The molecule has 0 radical (unpaired) electrons. The molecule has 1 aromatic heterocycles. The molecule has 2 aromatic rings. The lowest BCUT2D eigenvalue weighted by Crippen LogP contribution is -2.20. The number of thiophene rings is 1. The fourth-order valence-electron chi connectivity index (χ4n) is 2.61.